The molecule has 0 aromatic heterocycles. The van der Waals surface area contributed by atoms with Crippen molar-refractivity contribution < 1.29 is 9.18 Å². The molecule has 1 amide bonds. The van der Waals surface area contributed by atoms with E-state index < -0.39 is 0 Å². The van der Waals surface area contributed by atoms with Crippen molar-refractivity contribution in [3.8, 4) is 0 Å². The van der Waals surface area contributed by atoms with E-state index in [2.05, 4.69) is 10.6 Å². The molecule has 0 aliphatic heterocycles. The molecule has 0 saturated heterocycles. The van der Waals surface area contributed by atoms with Crippen molar-refractivity contribution in [1.29, 1.82) is 0 Å². The topological polar surface area (TPSA) is 41.1 Å². The summed E-state index contributed by atoms with van der Waals surface area (Å²) in [4.78, 5) is 11.7. The van der Waals surface area contributed by atoms with Crippen molar-refractivity contribution in [2.45, 2.75) is 6.42 Å². The molecular weight excluding hydrogens is 291 g/mol. The molecule has 2 aromatic rings. The van der Waals surface area contributed by atoms with Crippen molar-refractivity contribution in [1.82, 2.24) is 5.32 Å². The zero-order valence-corrected chi connectivity index (χ0v) is 12.2. The SMILES string of the molecule is O=C(CNCCc1ccccc1F)Nc1ccc(Cl)cc1. The van der Waals surface area contributed by atoms with Crippen LogP contribution in [0.25, 0.3) is 0 Å². The number of benzene rings is 2. The Hall–Kier alpha value is -1.91. The van der Waals surface area contributed by atoms with E-state index in [1.165, 1.54) is 6.07 Å². The van der Waals surface area contributed by atoms with Crippen LogP contribution in [0, 0.1) is 5.82 Å². The van der Waals surface area contributed by atoms with E-state index >= 15 is 0 Å². The fourth-order valence-corrected chi connectivity index (χ4v) is 1.99. The zero-order valence-electron chi connectivity index (χ0n) is 11.4. The van der Waals surface area contributed by atoms with Crippen LogP contribution >= 0.6 is 11.6 Å². The molecule has 0 bridgehead atoms. The first kappa shape index (κ1) is 15.5. The van der Waals surface area contributed by atoms with Gasteiger partial charge in [0.25, 0.3) is 0 Å². The van der Waals surface area contributed by atoms with Gasteiger partial charge in [-0.1, -0.05) is 29.8 Å². The molecule has 0 radical (unpaired) electrons. The van der Waals surface area contributed by atoms with Crippen LogP contribution in [0.5, 0.6) is 0 Å². The Morgan fingerprint density at radius 1 is 1.10 bits per heavy atom. The highest BCUT2D eigenvalue weighted by Crippen LogP contribution is 2.13. The van der Waals surface area contributed by atoms with Crippen LogP contribution in [0.2, 0.25) is 5.02 Å². The minimum atomic E-state index is -0.218. The van der Waals surface area contributed by atoms with Gasteiger partial charge in [0.2, 0.25) is 5.91 Å². The van der Waals surface area contributed by atoms with Crippen LogP contribution in [0.4, 0.5) is 10.1 Å². The van der Waals surface area contributed by atoms with Gasteiger partial charge in [0.1, 0.15) is 5.82 Å². The number of carbonyl (C=O) groups excluding carboxylic acids is 1. The van der Waals surface area contributed by atoms with Crippen molar-refractivity contribution in [3.05, 3.63) is 64.9 Å². The molecule has 2 rings (SSSR count). The zero-order chi connectivity index (χ0) is 15.1. The molecule has 0 fully saturated rings. The van der Waals surface area contributed by atoms with Crippen LogP contribution in [-0.2, 0) is 11.2 Å². The molecule has 0 atom stereocenters. The highest BCUT2D eigenvalue weighted by Gasteiger charge is 2.03. The van der Waals surface area contributed by atoms with Crippen LogP contribution in [0.1, 0.15) is 5.56 Å². The first-order chi connectivity index (χ1) is 10.1. The molecule has 110 valence electrons. The number of nitrogens with one attached hydrogen (secondary N) is 2. The average Bonchev–Trinajstić information content (AvgIpc) is 2.48. The summed E-state index contributed by atoms with van der Waals surface area (Å²) in [5.74, 6) is -0.365. The second kappa shape index (κ2) is 7.76. The summed E-state index contributed by atoms with van der Waals surface area (Å²) >= 11 is 5.77. The number of amides is 1. The summed E-state index contributed by atoms with van der Waals surface area (Å²) < 4.78 is 13.4. The van der Waals surface area contributed by atoms with Crippen LogP contribution < -0.4 is 10.6 Å². The van der Waals surface area contributed by atoms with Gasteiger partial charge >= 0.3 is 0 Å². The van der Waals surface area contributed by atoms with Crippen LogP contribution in [-0.4, -0.2) is 19.0 Å². The Kier molecular flexibility index (Phi) is 5.72. The average molecular weight is 307 g/mol. The molecule has 21 heavy (non-hydrogen) atoms. The van der Waals surface area contributed by atoms with E-state index in [0.717, 1.165) is 0 Å². The maximum atomic E-state index is 13.4. The Labute approximate surface area is 128 Å². The third-order valence-corrected chi connectivity index (χ3v) is 3.19. The molecule has 0 aliphatic carbocycles. The minimum absolute atomic E-state index is 0.147. The normalized spacial score (nSPS) is 10.4. The number of hydrogen-bond acceptors (Lipinski definition) is 2. The highest BCUT2D eigenvalue weighted by molar-refractivity contribution is 6.30. The van der Waals surface area contributed by atoms with Gasteiger partial charge < -0.3 is 10.6 Å². The van der Waals surface area contributed by atoms with Gasteiger partial charge in [0, 0.05) is 10.7 Å². The van der Waals surface area contributed by atoms with E-state index in [-0.39, 0.29) is 18.3 Å². The fraction of sp³-hybridized carbons (Fsp3) is 0.188. The van der Waals surface area contributed by atoms with Gasteiger partial charge in [-0.05, 0) is 48.9 Å². The molecule has 0 spiro atoms. The predicted octanol–water partition coefficient (Wildman–Crippen LogP) is 3.25. The van der Waals surface area contributed by atoms with Crippen molar-refractivity contribution in [2.75, 3.05) is 18.4 Å². The van der Waals surface area contributed by atoms with Gasteiger partial charge in [0.15, 0.2) is 0 Å². The Morgan fingerprint density at radius 2 is 1.81 bits per heavy atom. The Morgan fingerprint density at radius 3 is 2.52 bits per heavy atom. The van der Waals surface area contributed by atoms with E-state index in [9.17, 15) is 9.18 Å². The largest absolute Gasteiger partial charge is 0.325 e. The number of anilines is 1. The van der Waals surface area contributed by atoms with E-state index in [0.29, 0.717) is 29.2 Å². The molecule has 2 N–H and O–H groups in total. The third kappa shape index (κ3) is 5.17. The molecule has 0 unspecified atom stereocenters. The summed E-state index contributed by atoms with van der Waals surface area (Å²) in [5, 5.41) is 6.35. The fourth-order valence-electron chi connectivity index (χ4n) is 1.86. The number of rotatable bonds is 6. The molecular formula is C16H16ClFN2O. The van der Waals surface area contributed by atoms with Gasteiger partial charge in [-0.25, -0.2) is 4.39 Å². The molecule has 2 aromatic carbocycles. The molecule has 0 heterocycles. The second-order valence-corrected chi connectivity index (χ2v) is 5.01. The summed E-state index contributed by atoms with van der Waals surface area (Å²) in [6, 6.07) is 13.5. The smallest absolute Gasteiger partial charge is 0.238 e. The maximum Gasteiger partial charge on any atom is 0.238 e. The summed E-state index contributed by atoms with van der Waals surface area (Å²) in [6.45, 7) is 0.714. The number of carbonyl (C=O) groups is 1. The summed E-state index contributed by atoms with van der Waals surface area (Å²) in [5.41, 5.74) is 1.34. The van der Waals surface area contributed by atoms with Crippen molar-refractivity contribution in [3.63, 3.8) is 0 Å². The van der Waals surface area contributed by atoms with Gasteiger partial charge in [-0.3, -0.25) is 4.79 Å². The summed E-state index contributed by atoms with van der Waals surface area (Å²) in [7, 11) is 0. The lowest BCUT2D eigenvalue weighted by Gasteiger charge is -2.07. The lowest BCUT2D eigenvalue weighted by molar-refractivity contribution is -0.115. The maximum absolute atomic E-state index is 13.4. The second-order valence-electron chi connectivity index (χ2n) is 4.57. The monoisotopic (exact) mass is 306 g/mol. The lowest BCUT2D eigenvalue weighted by atomic mass is 10.1. The van der Waals surface area contributed by atoms with Crippen molar-refractivity contribution >= 4 is 23.2 Å². The Bertz CT molecular complexity index is 601. The minimum Gasteiger partial charge on any atom is -0.325 e. The first-order valence-electron chi connectivity index (χ1n) is 6.65. The van der Waals surface area contributed by atoms with E-state index in [1.54, 1.807) is 42.5 Å². The number of halogens is 2. The standard InChI is InChI=1S/C16H16ClFN2O/c17-13-5-7-14(8-6-13)20-16(21)11-19-10-9-12-3-1-2-4-15(12)18/h1-8,19H,9-11H2,(H,20,21). The molecule has 5 heteroatoms. The molecule has 0 saturated carbocycles. The van der Waals surface area contributed by atoms with E-state index in [4.69, 9.17) is 11.6 Å². The van der Waals surface area contributed by atoms with Gasteiger partial charge in [-0.2, -0.15) is 0 Å². The quantitative estimate of drug-likeness (QED) is 0.804. The van der Waals surface area contributed by atoms with Crippen LogP contribution in [0.15, 0.2) is 48.5 Å². The molecule has 0 aliphatic rings. The Balaban J connectivity index is 1.70. The van der Waals surface area contributed by atoms with Gasteiger partial charge in [-0.15, -0.1) is 0 Å². The lowest BCUT2D eigenvalue weighted by Crippen LogP contribution is -2.29. The highest BCUT2D eigenvalue weighted by atomic mass is 35.5. The molecule has 3 nitrogen and oxygen atoms in total. The summed E-state index contributed by atoms with van der Waals surface area (Å²) in [6.07, 6.45) is 0.543. The van der Waals surface area contributed by atoms with E-state index in [1.807, 2.05) is 0 Å². The van der Waals surface area contributed by atoms with Crippen molar-refractivity contribution in [2.24, 2.45) is 0 Å². The van der Waals surface area contributed by atoms with Gasteiger partial charge in [0.05, 0.1) is 6.54 Å². The third-order valence-electron chi connectivity index (χ3n) is 2.94. The predicted molar refractivity (Wildman–Crippen MR) is 83.1 cm³/mol. The number of hydrogen-bond donors (Lipinski definition) is 2. The van der Waals surface area contributed by atoms with Crippen LogP contribution in [0.3, 0.4) is 0 Å². The first-order valence-corrected chi connectivity index (χ1v) is 7.02.